The molecule has 2 rings (SSSR count). The molecule has 1 aromatic rings. The number of carboxylic acids is 1. The number of carbonyl (C=O) groups is 1. The molecule has 0 aliphatic heterocycles. The van der Waals surface area contributed by atoms with Crippen LogP contribution in [0.5, 0.6) is 0 Å². The van der Waals surface area contributed by atoms with E-state index in [9.17, 15) is 4.79 Å². The summed E-state index contributed by atoms with van der Waals surface area (Å²) in [4.78, 5) is 10.8. The van der Waals surface area contributed by atoms with Crippen molar-refractivity contribution in [3.8, 4) is 0 Å². The highest BCUT2D eigenvalue weighted by Gasteiger charge is 2.37. The van der Waals surface area contributed by atoms with Gasteiger partial charge in [-0.3, -0.25) is 4.79 Å². The molecule has 1 unspecified atom stereocenters. The molecule has 1 aliphatic carbocycles. The van der Waals surface area contributed by atoms with Crippen molar-refractivity contribution in [3.05, 3.63) is 35.9 Å². The smallest absolute Gasteiger partial charge is 0.307 e. The first-order valence-electron chi connectivity index (χ1n) is 4.57. The molecule has 0 bridgehead atoms. The lowest BCUT2D eigenvalue weighted by atomic mass is 9.70. The van der Waals surface area contributed by atoms with Crippen molar-refractivity contribution in [1.82, 2.24) is 0 Å². The van der Waals surface area contributed by atoms with Gasteiger partial charge in [0.05, 0.1) is 5.92 Å². The van der Waals surface area contributed by atoms with Crippen molar-refractivity contribution in [2.24, 2.45) is 5.92 Å². The summed E-state index contributed by atoms with van der Waals surface area (Å²) in [5, 5.41) is 8.86. The predicted molar refractivity (Wildman–Crippen MR) is 49.5 cm³/mol. The SMILES string of the molecule is O=C(O)[C@@H]1CCC1c1ccccc1. The lowest BCUT2D eigenvalue weighted by Gasteiger charge is -2.33. The van der Waals surface area contributed by atoms with Gasteiger partial charge in [0.15, 0.2) is 0 Å². The minimum Gasteiger partial charge on any atom is -0.481 e. The Morgan fingerprint density at radius 3 is 2.38 bits per heavy atom. The molecule has 2 atom stereocenters. The van der Waals surface area contributed by atoms with Gasteiger partial charge in [-0.2, -0.15) is 0 Å². The summed E-state index contributed by atoms with van der Waals surface area (Å²) in [6.07, 6.45) is 1.84. The molecular weight excluding hydrogens is 164 g/mol. The predicted octanol–water partition coefficient (Wildman–Crippen LogP) is 2.26. The third kappa shape index (κ3) is 1.44. The molecule has 0 saturated heterocycles. The summed E-state index contributed by atoms with van der Waals surface area (Å²) in [6, 6.07) is 9.91. The Morgan fingerprint density at radius 2 is 1.92 bits per heavy atom. The Bertz CT molecular complexity index is 305. The van der Waals surface area contributed by atoms with Crippen molar-refractivity contribution >= 4 is 5.97 Å². The zero-order valence-electron chi connectivity index (χ0n) is 7.31. The summed E-state index contributed by atoms with van der Waals surface area (Å²) >= 11 is 0. The molecule has 13 heavy (non-hydrogen) atoms. The van der Waals surface area contributed by atoms with Gasteiger partial charge >= 0.3 is 5.97 Å². The average Bonchev–Trinajstić information content (AvgIpc) is 2.02. The number of hydrogen-bond acceptors (Lipinski definition) is 1. The first-order chi connectivity index (χ1) is 6.29. The molecule has 0 spiro atoms. The van der Waals surface area contributed by atoms with Gasteiger partial charge in [-0.05, 0) is 24.3 Å². The fraction of sp³-hybridized carbons (Fsp3) is 0.364. The maximum Gasteiger partial charge on any atom is 0.307 e. The molecule has 1 saturated carbocycles. The quantitative estimate of drug-likeness (QED) is 0.750. The van der Waals surface area contributed by atoms with Crippen LogP contribution in [0.4, 0.5) is 0 Å². The molecule has 0 aromatic heterocycles. The van der Waals surface area contributed by atoms with Gasteiger partial charge in [0.2, 0.25) is 0 Å². The number of carboxylic acid groups (broad SMARTS) is 1. The largest absolute Gasteiger partial charge is 0.481 e. The van der Waals surface area contributed by atoms with E-state index in [2.05, 4.69) is 0 Å². The maximum absolute atomic E-state index is 10.8. The highest BCUT2D eigenvalue weighted by Crippen LogP contribution is 2.42. The average molecular weight is 176 g/mol. The molecule has 1 fully saturated rings. The summed E-state index contributed by atoms with van der Waals surface area (Å²) in [7, 11) is 0. The van der Waals surface area contributed by atoms with E-state index in [1.807, 2.05) is 30.3 Å². The van der Waals surface area contributed by atoms with E-state index in [1.165, 1.54) is 5.56 Å². The van der Waals surface area contributed by atoms with E-state index in [-0.39, 0.29) is 11.8 Å². The fourth-order valence-electron chi connectivity index (χ4n) is 1.89. The Hall–Kier alpha value is -1.31. The van der Waals surface area contributed by atoms with Crippen LogP contribution in [0.25, 0.3) is 0 Å². The lowest BCUT2D eigenvalue weighted by molar-refractivity contribution is -0.145. The molecule has 2 nitrogen and oxygen atoms in total. The first-order valence-corrected chi connectivity index (χ1v) is 4.57. The summed E-state index contributed by atoms with van der Waals surface area (Å²) in [6.45, 7) is 0. The molecule has 1 aliphatic rings. The van der Waals surface area contributed by atoms with Gasteiger partial charge in [-0.25, -0.2) is 0 Å². The Kier molecular flexibility index (Phi) is 2.05. The normalized spacial score (nSPS) is 26.5. The van der Waals surface area contributed by atoms with Crippen LogP contribution in [0.15, 0.2) is 30.3 Å². The van der Waals surface area contributed by atoms with Crippen LogP contribution in [0.2, 0.25) is 0 Å². The second-order valence-electron chi connectivity index (χ2n) is 3.54. The lowest BCUT2D eigenvalue weighted by Crippen LogP contribution is -2.30. The van der Waals surface area contributed by atoms with Crippen molar-refractivity contribution in [1.29, 1.82) is 0 Å². The monoisotopic (exact) mass is 176 g/mol. The number of hydrogen-bond donors (Lipinski definition) is 1. The van der Waals surface area contributed by atoms with Gasteiger partial charge in [-0.1, -0.05) is 30.3 Å². The first kappa shape index (κ1) is 8.30. The molecule has 0 heterocycles. The summed E-state index contributed by atoms with van der Waals surface area (Å²) < 4.78 is 0. The van der Waals surface area contributed by atoms with Gasteiger partial charge in [0, 0.05) is 0 Å². The maximum atomic E-state index is 10.8. The standard InChI is InChI=1S/C11H12O2/c12-11(13)10-7-6-9(10)8-4-2-1-3-5-8/h1-5,9-10H,6-7H2,(H,12,13)/t9?,10-/m1/s1. The van der Waals surface area contributed by atoms with Crippen molar-refractivity contribution in [2.45, 2.75) is 18.8 Å². The topological polar surface area (TPSA) is 37.3 Å². The van der Waals surface area contributed by atoms with Gasteiger partial charge in [0.25, 0.3) is 0 Å². The zero-order valence-corrected chi connectivity index (χ0v) is 7.31. The summed E-state index contributed by atoms with van der Waals surface area (Å²) in [5.41, 5.74) is 1.17. The van der Waals surface area contributed by atoms with Crippen LogP contribution < -0.4 is 0 Å². The van der Waals surface area contributed by atoms with E-state index in [0.29, 0.717) is 0 Å². The Balaban J connectivity index is 2.15. The number of benzene rings is 1. The van der Waals surface area contributed by atoms with E-state index in [4.69, 9.17) is 5.11 Å². The van der Waals surface area contributed by atoms with Crippen molar-refractivity contribution in [3.63, 3.8) is 0 Å². The molecule has 1 aromatic carbocycles. The fourth-order valence-corrected chi connectivity index (χ4v) is 1.89. The van der Waals surface area contributed by atoms with Crippen molar-refractivity contribution in [2.75, 3.05) is 0 Å². The van der Waals surface area contributed by atoms with E-state index >= 15 is 0 Å². The van der Waals surface area contributed by atoms with Crippen LogP contribution in [-0.4, -0.2) is 11.1 Å². The van der Waals surface area contributed by atoms with Crippen LogP contribution in [0, 0.1) is 5.92 Å². The zero-order chi connectivity index (χ0) is 9.26. The van der Waals surface area contributed by atoms with Gasteiger partial charge < -0.3 is 5.11 Å². The van der Waals surface area contributed by atoms with E-state index in [1.54, 1.807) is 0 Å². The van der Waals surface area contributed by atoms with E-state index < -0.39 is 5.97 Å². The molecule has 68 valence electrons. The molecular formula is C11H12O2. The van der Waals surface area contributed by atoms with E-state index in [0.717, 1.165) is 12.8 Å². The molecule has 2 heteroatoms. The molecule has 0 radical (unpaired) electrons. The second kappa shape index (κ2) is 3.21. The van der Waals surface area contributed by atoms with Gasteiger partial charge in [0.1, 0.15) is 0 Å². The third-order valence-corrected chi connectivity index (χ3v) is 2.82. The van der Waals surface area contributed by atoms with Crippen LogP contribution in [0.3, 0.4) is 0 Å². The molecule has 0 amide bonds. The van der Waals surface area contributed by atoms with Crippen LogP contribution in [0.1, 0.15) is 24.3 Å². The van der Waals surface area contributed by atoms with Crippen LogP contribution >= 0.6 is 0 Å². The second-order valence-corrected chi connectivity index (χ2v) is 3.54. The third-order valence-electron chi connectivity index (χ3n) is 2.82. The van der Waals surface area contributed by atoms with Gasteiger partial charge in [-0.15, -0.1) is 0 Å². The van der Waals surface area contributed by atoms with Crippen LogP contribution in [-0.2, 0) is 4.79 Å². The summed E-state index contributed by atoms with van der Waals surface area (Å²) in [5.74, 6) is -0.554. The Morgan fingerprint density at radius 1 is 1.23 bits per heavy atom. The highest BCUT2D eigenvalue weighted by atomic mass is 16.4. The number of aliphatic carboxylic acids is 1. The Labute approximate surface area is 77.2 Å². The minimum atomic E-state index is -0.653. The molecule has 1 N–H and O–H groups in total. The van der Waals surface area contributed by atoms with Crippen molar-refractivity contribution < 1.29 is 9.90 Å². The highest BCUT2D eigenvalue weighted by molar-refractivity contribution is 5.72. The minimum absolute atomic E-state index is 0.151. The number of rotatable bonds is 2.